The second-order valence-electron chi connectivity index (χ2n) is 30.5. The van der Waals surface area contributed by atoms with Crippen molar-refractivity contribution < 1.29 is 57.8 Å². The van der Waals surface area contributed by atoms with Crippen LogP contribution in [0.5, 0.6) is 0 Å². The molecule has 20 heteroatoms. The van der Waals surface area contributed by atoms with Crippen LogP contribution in [0.1, 0.15) is 181 Å². The van der Waals surface area contributed by atoms with E-state index in [1.54, 1.807) is 4.90 Å². The first-order chi connectivity index (χ1) is 38.2. The summed E-state index contributed by atoms with van der Waals surface area (Å²) in [5.74, 6) is -2.79. The fourth-order valence-corrected chi connectivity index (χ4v) is 13.1. The molecule has 10 amide bonds. The number of amides is 10. The van der Waals surface area contributed by atoms with Crippen LogP contribution in [0.2, 0.25) is 0 Å². The molecule has 0 bridgehead atoms. The van der Waals surface area contributed by atoms with E-state index < -0.39 is 98.6 Å². The lowest BCUT2D eigenvalue weighted by Crippen LogP contribution is -2.62. The SMILES string of the molecule is CC1(C)CC(=O)N(C[C@@H](NC(=O)N[C@H](C(=O)N2C[C@@H]3CCC[C@@H]3[C@H]2C(=O)O)C(C)(C)C)C(C)(C)C)C(=O)C1.CC1(C)CC(=O)N(C[C@@H](NC(=O)N[C@H](C(=O)N2C[C@@H]3CCC[C@@H]3[C@H]2C(=O)OCc2ccccc2)C(C)(C)C)C(C)(C)C)C(=O)C1. The number of imide groups is 2. The van der Waals surface area contributed by atoms with Crippen molar-refractivity contribution in [1.29, 1.82) is 0 Å². The highest BCUT2D eigenvalue weighted by Crippen LogP contribution is 2.45. The molecule has 4 aliphatic heterocycles. The Labute approximate surface area is 492 Å². The number of urea groups is 2. The van der Waals surface area contributed by atoms with Gasteiger partial charge < -0.3 is 40.9 Å². The molecular weight excluding hydrogens is 1060 g/mol. The standard InChI is InChI=1S/C35H52N4O6.C28H46N4O6/c1-33(2,3)25(20-38-26(40)17-35(7,8)18-27(38)41)36-32(44)37-29(34(4,5)6)30(42)39-19-23-15-12-16-24(23)28(39)31(43)45-21-22-13-10-9-11-14-22;1-26(2,3)18(15-31-19(33)12-28(7,8)13-20(31)34)29-25(38)30-22(27(4,5)6)23(35)32-14-16-10-9-11-17(16)21(32)24(36)37/h9-11,13-14,23-25,28-29H,12,15-21H2,1-8H3,(H2,36,37,44);16-18,21-22H,9-15H2,1-8H3,(H,36,37)(H2,29,30,38)/t23-,24-,25+,28-,29+;16-,17-,18+,21-,22+/m00/s1. The summed E-state index contributed by atoms with van der Waals surface area (Å²) >= 11 is 0. The number of likely N-dealkylation sites (tertiary alicyclic amines) is 4. The number of aliphatic carboxylic acids is 1. The highest BCUT2D eigenvalue weighted by atomic mass is 16.5. The van der Waals surface area contributed by atoms with Gasteiger partial charge in [0.25, 0.3) is 0 Å². The van der Waals surface area contributed by atoms with Gasteiger partial charge in [0.2, 0.25) is 35.4 Å². The van der Waals surface area contributed by atoms with Gasteiger partial charge in [-0.25, -0.2) is 19.2 Å². The van der Waals surface area contributed by atoms with Gasteiger partial charge in [-0.15, -0.1) is 0 Å². The molecule has 0 radical (unpaired) electrons. The van der Waals surface area contributed by atoms with Gasteiger partial charge in [-0.1, -0.05) is 154 Å². The highest BCUT2D eigenvalue weighted by Gasteiger charge is 2.54. The molecular formula is C63H98N8O12. The number of ether oxygens (including phenoxy) is 1. The van der Waals surface area contributed by atoms with Crippen molar-refractivity contribution in [2.24, 2.45) is 56.2 Å². The minimum atomic E-state index is -1.00. The molecule has 83 heavy (non-hydrogen) atoms. The van der Waals surface area contributed by atoms with Crippen LogP contribution in [-0.2, 0) is 49.7 Å². The molecule has 6 aliphatic rings. The highest BCUT2D eigenvalue weighted by molar-refractivity contribution is 5.99. The third-order valence-electron chi connectivity index (χ3n) is 18.0. The Balaban J connectivity index is 0.000000271. The van der Waals surface area contributed by atoms with Crippen LogP contribution >= 0.6 is 0 Å². The number of nitrogens with one attached hydrogen (secondary N) is 4. The number of carboxylic acid groups (broad SMARTS) is 1. The van der Waals surface area contributed by atoms with Crippen molar-refractivity contribution >= 4 is 59.4 Å². The number of carboxylic acids is 1. The smallest absolute Gasteiger partial charge is 0.329 e. The van der Waals surface area contributed by atoms with Gasteiger partial charge in [0.05, 0.1) is 12.1 Å². The van der Waals surface area contributed by atoms with Gasteiger partial charge in [-0.3, -0.25) is 38.6 Å². The van der Waals surface area contributed by atoms with Crippen LogP contribution in [0.3, 0.4) is 0 Å². The van der Waals surface area contributed by atoms with Crippen LogP contribution in [0.25, 0.3) is 0 Å². The average Bonchev–Trinajstić information content (AvgIpc) is 4.29. The molecule has 6 fully saturated rings. The van der Waals surface area contributed by atoms with E-state index in [2.05, 4.69) is 21.3 Å². The second-order valence-corrected chi connectivity index (χ2v) is 30.5. The van der Waals surface area contributed by atoms with Gasteiger partial charge in [0.15, 0.2) is 0 Å². The maximum Gasteiger partial charge on any atom is 0.329 e. The lowest BCUT2D eigenvalue weighted by atomic mass is 9.80. The number of piperidine rings is 2. The Bertz CT molecular complexity index is 2570. The summed E-state index contributed by atoms with van der Waals surface area (Å²) in [7, 11) is 0. The molecule has 462 valence electrons. The van der Waals surface area contributed by atoms with E-state index in [1.165, 1.54) is 14.7 Å². The number of hydrogen-bond donors (Lipinski definition) is 5. The normalized spacial score (nSPS) is 25.7. The number of carbonyl (C=O) groups is 10. The quantitative estimate of drug-likeness (QED) is 0.0888. The number of carbonyl (C=O) groups excluding carboxylic acids is 9. The van der Waals surface area contributed by atoms with Gasteiger partial charge in [0, 0.05) is 51.9 Å². The van der Waals surface area contributed by atoms with E-state index in [9.17, 15) is 53.1 Å². The molecule has 1 aromatic carbocycles. The van der Waals surface area contributed by atoms with E-state index in [0.717, 1.165) is 44.1 Å². The molecule has 0 aromatic heterocycles. The molecule has 5 N–H and O–H groups in total. The summed E-state index contributed by atoms with van der Waals surface area (Å²) in [6.45, 7) is 31.3. The van der Waals surface area contributed by atoms with Crippen LogP contribution in [0, 0.1) is 56.2 Å². The third-order valence-corrected chi connectivity index (χ3v) is 18.0. The van der Waals surface area contributed by atoms with E-state index >= 15 is 0 Å². The molecule has 20 nitrogen and oxygen atoms in total. The zero-order chi connectivity index (χ0) is 62.1. The van der Waals surface area contributed by atoms with E-state index in [0.29, 0.717) is 13.1 Å². The molecule has 0 spiro atoms. The van der Waals surface area contributed by atoms with Gasteiger partial charge in [-0.2, -0.15) is 0 Å². The van der Waals surface area contributed by atoms with Crippen LogP contribution in [0.15, 0.2) is 30.3 Å². The monoisotopic (exact) mass is 1160 g/mol. The van der Waals surface area contributed by atoms with Gasteiger partial charge >= 0.3 is 24.0 Å². The van der Waals surface area contributed by atoms with Crippen molar-refractivity contribution in [3.05, 3.63) is 35.9 Å². The van der Waals surface area contributed by atoms with E-state index in [4.69, 9.17) is 4.74 Å². The predicted molar refractivity (Wildman–Crippen MR) is 312 cm³/mol. The summed E-state index contributed by atoms with van der Waals surface area (Å²) in [5, 5.41) is 21.5. The number of esters is 1. The Morgan fingerprint density at radius 3 is 1.25 bits per heavy atom. The zero-order valence-corrected chi connectivity index (χ0v) is 52.5. The van der Waals surface area contributed by atoms with Crippen molar-refractivity contribution in [1.82, 2.24) is 40.9 Å². The zero-order valence-electron chi connectivity index (χ0n) is 52.5. The lowest BCUT2D eigenvalue weighted by molar-refractivity contribution is -0.157. The average molecular weight is 1160 g/mol. The second kappa shape index (κ2) is 25.2. The van der Waals surface area contributed by atoms with Crippen molar-refractivity contribution in [2.45, 2.75) is 218 Å². The maximum atomic E-state index is 14.3. The maximum absolute atomic E-state index is 14.3. The Morgan fingerprint density at radius 2 is 0.904 bits per heavy atom. The summed E-state index contributed by atoms with van der Waals surface area (Å²) in [5.41, 5.74) is -2.26. The van der Waals surface area contributed by atoms with Crippen molar-refractivity contribution in [2.75, 3.05) is 26.2 Å². The number of rotatable bonds is 14. The topological polar surface area (TPSA) is 261 Å². The first kappa shape index (κ1) is 66.1. The number of benzene rings is 1. The number of fused-ring (bicyclic) bond motifs is 2. The summed E-state index contributed by atoms with van der Waals surface area (Å²) in [6.07, 6.45) is 6.51. The number of hydrogen-bond acceptors (Lipinski definition) is 11. The third kappa shape index (κ3) is 16.4. The van der Waals surface area contributed by atoms with Crippen LogP contribution < -0.4 is 21.3 Å². The molecule has 7 rings (SSSR count). The Hall–Kier alpha value is -6.08. The molecule has 2 saturated carbocycles. The van der Waals surface area contributed by atoms with Gasteiger partial charge in [-0.05, 0) is 87.4 Å². The van der Waals surface area contributed by atoms with Crippen molar-refractivity contribution in [3.8, 4) is 0 Å². The Kier molecular flexibility index (Phi) is 20.1. The van der Waals surface area contributed by atoms with Gasteiger partial charge in [0.1, 0.15) is 30.8 Å². The van der Waals surface area contributed by atoms with E-state index in [-0.39, 0.29) is 98.6 Å². The fraction of sp³-hybridized carbons (Fsp3) is 0.746. The summed E-state index contributed by atoms with van der Waals surface area (Å²) in [6, 6.07) is 3.71. The Morgan fingerprint density at radius 1 is 0.542 bits per heavy atom. The lowest BCUT2D eigenvalue weighted by Gasteiger charge is -2.40. The van der Waals surface area contributed by atoms with E-state index in [1.807, 2.05) is 141 Å². The minimum Gasteiger partial charge on any atom is -0.480 e. The minimum absolute atomic E-state index is 0.0292. The molecule has 4 heterocycles. The first-order valence-electron chi connectivity index (χ1n) is 30.0. The van der Waals surface area contributed by atoms with Crippen LogP contribution in [0.4, 0.5) is 9.59 Å². The van der Waals surface area contributed by atoms with Crippen LogP contribution in [-0.4, -0.2) is 147 Å². The van der Waals surface area contributed by atoms with Crippen molar-refractivity contribution in [3.63, 3.8) is 0 Å². The molecule has 1 aromatic rings. The molecule has 4 saturated heterocycles. The molecule has 10 atom stereocenters. The number of nitrogens with zero attached hydrogens (tertiary/aromatic N) is 4. The fourth-order valence-electron chi connectivity index (χ4n) is 13.1. The first-order valence-corrected chi connectivity index (χ1v) is 30.0. The predicted octanol–water partition coefficient (Wildman–Crippen LogP) is 7.66. The summed E-state index contributed by atoms with van der Waals surface area (Å²) < 4.78 is 5.75. The molecule has 2 aliphatic carbocycles. The molecule has 0 unspecified atom stereocenters. The largest absolute Gasteiger partial charge is 0.480 e. The summed E-state index contributed by atoms with van der Waals surface area (Å²) in [4.78, 5) is 137.